The molecule has 0 radical (unpaired) electrons. The summed E-state index contributed by atoms with van der Waals surface area (Å²) in [6.45, 7) is 3.55. The van der Waals surface area contributed by atoms with Gasteiger partial charge in [-0.25, -0.2) is 4.39 Å². The molecule has 0 aromatic heterocycles. The molecule has 0 heterocycles. The van der Waals surface area contributed by atoms with Crippen LogP contribution in [0.2, 0.25) is 0 Å². The molecule has 0 saturated heterocycles. The second-order valence-electron chi connectivity index (χ2n) is 4.86. The molecule has 21 heavy (non-hydrogen) atoms. The number of benzene rings is 1. The number of amides is 2. The average molecular weight is 318 g/mol. The summed E-state index contributed by atoms with van der Waals surface area (Å²) in [4.78, 5) is 23.1. The van der Waals surface area contributed by atoms with Gasteiger partial charge in [0.15, 0.2) is 0 Å². The summed E-state index contributed by atoms with van der Waals surface area (Å²) >= 11 is 0. The highest BCUT2D eigenvalue weighted by atomic mass is 35.5. The van der Waals surface area contributed by atoms with Crippen molar-refractivity contribution in [2.45, 2.75) is 26.4 Å². The van der Waals surface area contributed by atoms with Gasteiger partial charge in [-0.05, 0) is 12.0 Å². The zero-order valence-electron chi connectivity index (χ0n) is 12.1. The van der Waals surface area contributed by atoms with E-state index < -0.39 is 11.9 Å². The van der Waals surface area contributed by atoms with Gasteiger partial charge in [0.2, 0.25) is 11.8 Å². The van der Waals surface area contributed by atoms with E-state index in [1.54, 1.807) is 18.2 Å². The van der Waals surface area contributed by atoms with Crippen LogP contribution in [0.15, 0.2) is 24.3 Å². The number of hydrogen-bond acceptors (Lipinski definition) is 3. The Hall–Kier alpha value is -1.66. The fourth-order valence-corrected chi connectivity index (χ4v) is 1.49. The van der Waals surface area contributed by atoms with Crippen LogP contribution >= 0.6 is 12.4 Å². The van der Waals surface area contributed by atoms with Gasteiger partial charge in [0.05, 0.1) is 12.6 Å². The van der Waals surface area contributed by atoms with Crippen LogP contribution in [-0.2, 0) is 16.1 Å². The van der Waals surface area contributed by atoms with Crippen molar-refractivity contribution in [1.82, 2.24) is 10.6 Å². The summed E-state index contributed by atoms with van der Waals surface area (Å²) in [6.07, 6.45) is 0. The highest BCUT2D eigenvalue weighted by molar-refractivity contribution is 5.87. The molecule has 0 unspecified atom stereocenters. The van der Waals surface area contributed by atoms with E-state index in [0.717, 1.165) is 0 Å². The second-order valence-corrected chi connectivity index (χ2v) is 4.86. The van der Waals surface area contributed by atoms with E-state index in [4.69, 9.17) is 5.73 Å². The van der Waals surface area contributed by atoms with Gasteiger partial charge in [-0.2, -0.15) is 0 Å². The van der Waals surface area contributed by atoms with E-state index in [9.17, 15) is 14.0 Å². The van der Waals surface area contributed by atoms with E-state index in [1.165, 1.54) is 6.07 Å². The number of carbonyl (C=O) groups is 2. The van der Waals surface area contributed by atoms with Gasteiger partial charge in [-0.15, -0.1) is 12.4 Å². The van der Waals surface area contributed by atoms with Crippen LogP contribution < -0.4 is 16.4 Å². The first-order valence-corrected chi connectivity index (χ1v) is 6.45. The first kappa shape index (κ1) is 19.3. The molecule has 0 spiro atoms. The Morgan fingerprint density at radius 1 is 1.24 bits per heavy atom. The van der Waals surface area contributed by atoms with Crippen molar-refractivity contribution in [1.29, 1.82) is 0 Å². The smallest absolute Gasteiger partial charge is 0.239 e. The maximum absolute atomic E-state index is 13.3. The molecule has 2 amide bonds. The zero-order valence-corrected chi connectivity index (χ0v) is 12.9. The fraction of sp³-hybridized carbons (Fsp3) is 0.429. The SMILES string of the molecule is CC(C)[C@H](N)C(=O)NCC(=O)NCc1ccccc1F.Cl. The molecule has 1 aromatic rings. The van der Waals surface area contributed by atoms with Crippen LogP contribution in [0.1, 0.15) is 19.4 Å². The molecule has 118 valence electrons. The Morgan fingerprint density at radius 2 is 1.86 bits per heavy atom. The Morgan fingerprint density at radius 3 is 2.43 bits per heavy atom. The molecule has 4 N–H and O–H groups in total. The van der Waals surface area contributed by atoms with Crippen molar-refractivity contribution >= 4 is 24.2 Å². The molecule has 7 heteroatoms. The van der Waals surface area contributed by atoms with Gasteiger partial charge in [-0.3, -0.25) is 9.59 Å². The summed E-state index contributed by atoms with van der Waals surface area (Å²) in [7, 11) is 0. The van der Waals surface area contributed by atoms with Gasteiger partial charge in [0.1, 0.15) is 5.82 Å². The molecule has 0 saturated carbocycles. The molecular formula is C14H21ClFN3O2. The molecule has 0 aliphatic heterocycles. The second kappa shape index (κ2) is 9.31. The third kappa shape index (κ3) is 6.55. The highest BCUT2D eigenvalue weighted by Gasteiger charge is 2.17. The molecule has 0 aliphatic carbocycles. The molecule has 1 aromatic carbocycles. The molecular weight excluding hydrogens is 297 g/mol. The third-order valence-corrected chi connectivity index (χ3v) is 2.88. The van der Waals surface area contributed by atoms with E-state index in [1.807, 2.05) is 13.8 Å². The summed E-state index contributed by atoms with van der Waals surface area (Å²) in [6, 6.07) is 5.53. The number of halogens is 2. The van der Waals surface area contributed by atoms with E-state index in [-0.39, 0.29) is 43.1 Å². The van der Waals surface area contributed by atoms with E-state index >= 15 is 0 Å². The van der Waals surface area contributed by atoms with Crippen LogP contribution in [0, 0.1) is 11.7 Å². The molecule has 1 atom stereocenters. The van der Waals surface area contributed by atoms with Gasteiger partial charge in [0.25, 0.3) is 0 Å². The van der Waals surface area contributed by atoms with Crippen molar-refractivity contribution < 1.29 is 14.0 Å². The Kier molecular flexibility index (Phi) is 8.57. The van der Waals surface area contributed by atoms with Gasteiger partial charge < -0.3 is 16.4 Å². The lowest BCUT2D eigenvalue weighted by Crippen LogP contribution is -2.47. The van der Waals surface area contributed by atoms with Crippen molar-refractivity contribution in [2.75, 3.05) is 6.54 Å². The van der Waals surface area contributed by atoms with Crippen molar-refractivity contribution in [3.63, 3.8) is 0 Å². The fourth-order valence-electron chi connectivity index (χ4n) is 1.49. The predicted molar refractivity (Wildman–Crippen MR) is 81.3 cm³/mol. The summed E-state index contributed by atoms with van der Waals surface area (Å²) in [5.74, 6) is -1.14. The normalized spacial score (nSPS) is 11.5. The average Bonchev–Trinajstić information content (AvgIpc) is 2.42. The highest BCUT2D eigenvalue weighted by Crippen LogP contribution is 2.05. The molecule has 5 nitrogen and oxygen atoms in total. The number of rotatable bonds is 6. The Bertz CT molecular complexity index is 483. The van der Waals surface area contributed by atoms with Crippen LogP contribution in [0.4, 0.5) is 4.39 Å². The van der Waals surface area contributed by atoms with E-state index in [2.05, 4.69) is 10.6 Å². The standard InChI is InChI=1S/C14H20FN3O2.ClH/c1-9(2)13(16)14(20)18-8-12(19)17-7-10-5-3-4-6-11(10)15;/h3-6,9,13H,7-8,16H2,1-2H3,(H,17,19)(H,18,20);1H/t13-;/m0./s1. The van der Waals surface area contributed by atoms with Gasteiger partial charge in [-0.1, -0.05) is 32.0 Å². The van der Waals surface area contributed by atoms with Crippen LogP contribution in [0.25, 0.3) is 0 Å². The first-order valence-electron chi connectivity index (χ1n) is 6.45. The molecule has 1 rings (SSSR count). The number of nitrogens with one attached hydrogen (secondary N) is 2. The lowest BCUT2D eigenvalue weighted by Gasteiger charge is -2.15. The van der Waals surface area contributed by atoms with Crippen LogP contribution in [0.3, 0.4) is 0 Å². The topological polar surface area (TPSA) is 84.2 Å². The van der Waals surface area contributed by atoms with Crippen LogP contribution in [0.5, 0.6) is 0 Å². The number of nitrogens with two attached hydrogens (primary N) is 1. The summed E-state index contributed by atoms with van der Waals surface area (Å²) < 4.78 is 13.3. The van der Waals surface area contributed by atoms with Crippen LogP contribution in [-0.4, -0.2) is 24.4 Å². The monoisotopic (exact) mass is 317 g/mol. The molecule has 0 aliphatic rings. The third-order valence-electron chi connectivity index (χ3n) is 2.88. The predicted octanol–water partition coefficient (Wildman–Crippen LogP) is 0.963. The number of hydrogen-bond donors (Lipinski definition) is 3. The summed E-state index contributed by atoms with van der Waals surface area (Å²) in [5.41, 5.74) is 6.03. The van der Waals surface area contributed by atoms with Crippen molar-refractivity contribution in [3.05, 3.63) is 35.6 Å². The molecule has 0 fully saturated rings. The lowest BCUT2D eigenvalue weighted by atomic mass is 10.1. The van der Waals surface area contributed by atoms with Crippen molar-refractivity contribution in [3.8, 4) is 0 Å². The summed E-state index contributed by atoms with van der Waals surface area (Å²) in [5, 5.41) is 4.97. The van der Waals surface area contributed by atoms with Gasteiger partial charge in [0, 0.05) is 12.1 Å². The first-order chi connectivity index (χ1) is 9.41. The van der Waals surface area contributed by atoms with Gasteiger partial charge >= 0.3 is 0 Å². The lowest BCUT2D eigenvalue weighted by molar-refractivity contribution is -0.127. The zero-order chi connectivity index (χ0) is 15.1. The maximum atomic E-state index is 13.3. The van der Waals surface area contributed by atoms with Crippen molar-refractivity contribution in [2.24, 2.45) is 11.7 Å². The minimum Gasteiger partial charge on any atom is -0.350 e. The van der Waals surface area contributed by atoms with E-state index in [0.29, 0.717) is 5.56 Å². The largest absolute Gasteiger partial charge is 0.350 e. The Balaban J connectivity index is 0.00000400. The minimum atomic E-state index is -0.644. The maximum Gasteiger partial charge on any atom is 0.239 e. The minimum absolute atomic E-state index is 0. The molecule has 0 bridgehead atoms. The Labute approximate surface area is 129 Å². The number of carbonyl (C=O) groups excluding carboxylic acids is 2. The quantitative estimate of drug-likeness (QED) is 0.731.